The van der Waals surface area contributed by atoms with E-state index >= 15 is 0 Å². The van der Waals surface area contributed by atoms with Crippen molar-refractivity contribution in [3.05, 3.63) is 51.7 Å². The number of amides is 1. The van der Waals surface area contributed by atoms with E-state index in [4.69, 9.17) is 14.2 Å². The number of thiophene rings is 1. The number of carbonyl (C=O) groups excluding carboxylic acids is 3. The van der Waals surface area contributed by atoms with Crippen LogP contribution in [0.1, 0.15) is 24.9 Å². The lowest BCUT2D eigenvalue weighted by Crippen LogP contribution is -2.41. The zero-order chi connectivity index (χ0) is 19.9. The second-order valence-electron chi connectivity index (χ2n) is 6.14. The molecular formula is C20H21NO6S. The molecule has 148 valence electrons. The molecule has 0 unspecified atom stereocenters. The molecule has 0 saturated carbocycles. The lowest BCUT2D eigenvalue weighted by molar-refractivity contribution is -0.134. The molecule has 1 amide bonds. The number of hydrogen-bond donors (Lipinski definition) is 0. The fourth-order valence-electron chi connectivity index (χ4n) is 2.79. The highest BCUT2D eigenvalue weighted by molar-refractivity contribution is 7.14. The Kier molecular flexibility index (Phi) is 6.78. The van der Waals surface area contributed by atoms with Gasteiger partial charge in [0, 0.05) is 18.0 Å². The van der Waals surface area contributed by atoms with Gasteiger partial charge in [-0.1, -0.05) is 12.1 Å². The first-order valence-electron chi connectivity index (χ1n) is 8.86. The molecule has 8 heteroatoms. The van der Waals surface area contributed by atoms with Crippen LogP contribution in [0.15, 0.2) is 36.4 Å². The van der Waals surface area contributed by atoms with Crippen molar-refractivity contribution < 1.29 is 28.6 Å². The SMILES string of the molecule is COc1ccccc1C(=O)OCC(=O)c1ccc(CC(=O)N2CCOCC2)s1. The molecule has 1 aliphatic rings. The zero-order valence-electron chi connectivity index (χ0n) is 15.5. The summed E-state index contributed by atoms with van der Waals surface area (Å²) in [6.45, 7) is 1.92. The van der Waals surface area contributed by atoms with E-state index < -0.39 is 5.97 Å². The fraction of sp³-hybridized carbons (Fsp3) is 0.350. The molecule has 2 heterocycles. The van der Waals surface area contributed by atoms with Gasteiger partial charge in [0.25, 0.3) is 0 Å². The number of ether oxygens (including phenoxy) is 3. The molecule has 0 radical (unpaired) electrons. The third-order valence-corrected chi connectivity index (χ3v) is 5.41. The molecule has 1 aromatic heterocycles. The van der Waals surface area contributed by atoms with Crippen LogP contribution in [0.2, 0.25) is 0 Å². The number of methoxy groups -OCH3 is 1. The van der Waals surface area contributed by atoms with Gasteiger partial charge in [0.2, 0.25) is 11.7 Å². The average Bonchev–Trinajstić information content (AvgIpc) is 3.20. The van der Waals surface area contributed by atoms with Crippen LogP contribution < -0.4 is 4.74 Å². The fourth-order valence-corrected chi connectivity index (χ4v) is 3.71. The number of nitrogens with zero attached hydrogens (tertiary/aromatic N) is 1. The minimum absolute atomic E-state index is 0.0201. The van der Waals surface area contributed by atoms with Gasteiger partial charge in [0.15, 0.2) is 6.61 Å². The maximum atomic E-state index is 12.3. The number of ketones is 1. The number of benzene rings is 1. The number of morpholine rings is 1. The highest BCUT2D eigenvalue weighted by Crippen LogP contribution is 2.21. The third-order valence-electron chi connectivity index (χ3n) is 4.29. The summed E-state index contributed by atoms with van der Waals surface area (Å²) >= 11 is 1.24. The minimum atomic E-state index is -0.620. The molecule has 28 heavy (non-hydrogen) atoms. The first-order valence-corrected chi connectivity index (χ1v) is 9.67. The summed E-state index contributed by atoms with van der Waals surface area (Å²) in [6.07, 6.45) is 0.249. The minimum Gasteiger partial charge on any atom is -0.496 e. The van der Waals surface area contributed by atoms with Crippen LogP contribution in [0.4, 0.5) is 0 Å². The zero-order valence-corrected chi connectivity index (χ0v) is 16.3. The van der Waals surface area contributed by atoms with Gasteiger partial charge in [-0.15, -0.1) is 11.3 Å². The normalized spacial score (nSPS) is 13.8. The maximum absolute atomic E-state index is 12.3. The molecule has 7 nitrogen and oxygen atoms in total. The molecule has 1 saturated heterocycles. The van der Waals surface area contributed by atoms with Gasteiger partial charge in [-0.25, -0.2) is 4.79 Å². The lowest BCUT2D eigenvalue weighted by atomic mass is 10.2. The molecule has 0 aliphatic carbocycles. The molecule has 0 spiro atoms. The van der Waals surface area contributed by atoms with Gasteiger partial charge in [0.05, 0.1) is 31.6 Å². The molecule has 1 aliphatic heterocycles. The molecule has 0 N–H and O–H groups in total. The van der Waals surface area contributed by atoms with Crippen LogP contribution in [-0.4, -0.2) is 62.6 Å². The number of carbonyl (C=O) groups is 3. The Labute approximate surface area is 166 Å². The quantitative estimate of drug-likeness (QED) is 0.521. The van der Waals surface area contributed by atoms with E-state index in [-0.39, 0.29) is 30.3 Å². The monoisotopic (exact) mass is 403 g/mol. The number of hydrogen-bond acceptors (Lipinski definition) is 7. The standard InChI is InChI=1S/C20H21NO6S/c1-25-17-5-3-2-4-15(17)20(24)27-13-16(22)18-7-6-14(28-18)12-19(23)21-8-10-26-11-9-21/h2-7H,8-13H2,1H3. The van der Waals surface area contributed by atoms with Crippen LogP contribution in [0.3, 0.4) is 0 Å². The van der Waals surface area contributed by atoms with Gasteiger partial charge in [-0.2, -0.15) is 0 Å². The van der Waals surface area contributed by atoms with Crippen LogP contribution in [-0.2, 0) is 20.7 Å². The van der Waals surface area contributed by atoms with Crippen molar-refractivity contribution in [2.75, 3.05) is 40.0 Å². The van der Waals surface area contributed by atoms with Gasteiger partial charge < -0.3 is 19.1 Å². The van der Waals surface area contributed by atoms with Crippen molar-refractivity contribution in [3.63, 3.8) is 0 Å². The van der Waals surface area contributed by atoms with Crippen LogP contribution in [0.5, 0.6) is 5.75 Å². The second-order valence-corrected chi connectivity index (χ2v) is 7.30. The van der Waals surface area contributed by atoms with E-state index in [9.17, 15) is 14.4 Å². The summed E-state index contributed by atoms with van der Waals surface area (Å²) < 4.78 is 15.5. The van der Waals surface area contributed by atoms with E-state index in [0.717, 1.165) is 4.88 Å². The van der Waals surface area contributed by atoms with E-state index in [0.29, 0.717) is 36.9 Å². The number of Topliss-reactive ketones (excluding diaryl/α,β-unsaturated/α-hetero) is 1. The summed E-state index contributed by atoms with van der Waals surface area (Å²) in [5.74, 6) is -0.518. The molecule has 1 aromatic carbocycles. The Hall–Kier alpha value is -2.71. The molecule has 3 rings (SSSR count). The van der Waals surface area contributed by atoms with Crippen molar-refractivity contribution in [2.45, 2.75) is 6.42 Å². The van der Waals surface area contributed by atoms with Crippen molar-refractivity contribution in [2.24, 2.45) is 0 Å². The van der Waals surface area contributed by atoms with E-state index in [1.165, 1.54) is 18.4 Å². The van der Waals surface area contributed by atoms with E-state index in [1.807, 2.05) is 0 Å². The maximum Gasteiger partial charge on any atom is 0.342 e. The Morgan fingerprint density at radius 1 is 1.11 bits per heavy atom. The number of para-hydroxylation sites is 1. The first kappa shape index (κ1) is 20.0. The van der Waals surface area contributed by atoms with Gasteiger partial charge >= 0.3 is 5.97 Å². The Bertz CT molecular complexity index is 856. The summed E-state index contributed by atoms with van der Waals surface area (Å²) in [4.78, 5) is 39.8. The Morgan fingerprint density at radius 2 is 1.86 bits per heavy atom. The second kappa shape index (κ2) is 9.48. The summed E-state index contributed by atoms with van der Waals surface area (Å²) in [5.41, 5.74) is 0.265. The topological polar surface area (TPSA) is 82.1 Å². The average molecular weight is 403 g/mol. The van der Waals surface area contributed by atoms with Crippen LogP contribution >= 0.6 is 11.3 Å². The first-order chi connectivity index (χ1) is 13.6. The van der Waals surface area contributed by atoms with Gasteiger partial charge in [-0.05, 0) is 24.3 Å². The van der Waals surface area contributed by atoms with Gasteiger partial charge in [0.1, 0.15) is 11.3 Å². The number of esters is 1. The predicted molar refractivity (Wildman–Crippen MR) is 103 cm³/mol. The van der Waals surface area contributed by atoms with Crippen molar-refractivity contribution in [3.8, 4) is 5.75 Å². The molecule has 1 fully saturated rings. The Morgan fingerprint density at radius 3 is 2.61 bits per heavy atom. The van der Waals surface area contributed by atoms with Crippen molar-refractivity contribution >= 4 is 29.0 Å². The highest BCUT2D eigenvalue weighted by atomic mass is 32.1. The molecule has 2 aromatic rings. The highest BCUT2D eigenvalue weighted by Gasteiger charge is 2.20. The smallest absolute Gasteiger partial charge is 0.342 e. The Balaban J connectivity index is 1.54. The molecule has 0 bridgehead atoms. The molecule has 0 atom stereocenters. The predicted octanol–water partition coefficient (Wildman–Crippen LogP) is 2.20. The lowest BCUT2D eigenvalue weighted by Gasteiger charge is -2.26. The van der Waals surface area contributed by atoms with Crippen LogP contribution in [0.25, 0.3) is 0 Å². The third kappa shape index (κ3) is 4.96. The van der Waals surface area contributed by atoms with E-state index in [1.54, 1.807) is 41.3 Å². The number of rotatable bonds is 7. The summed E-state index contributed by atoms with van der Waals surface area (Å²) in [5, 5.41) is 0. The van der Waals surface area contributed by atoms with Crippen LogP contribution in [0, 0.1) is 0 Å². The van der Waals surface area contributed by atoms with E-state index in [2.05, 4.69) is 0 Å². The van der Waals surface area contributed by atoms with Gasteiger partial charge in [-0.3, -0.25) is 9.59 Å². The summed E-state index contributed by atoms with van der Waals surface area (Å²) in [6, 6.07) is 10.1. The summed E-state index contributed by atoms with van der Waals surface area (Å²) in [7, 11) is 1.46. The largest absolute Gasteiger partial charge is 0.496 e. The molecular weight excluding hydrogens is 382 g/mol. The van der Waals surface area contributed by atoms with Crippen molar-refractivity contribution in [1.29, 1.82) is 0 Å². The van der Waals surface area contributed by atoms with Crippen molar-refractivity contribution in [1.82, 2.24) is 4.90 Å².